The summed E-state index contributed by atoms with van der Waals surface area (Å²) in [7, 11) is 0. The lowest BCUT2D eigenvalue weighted by Gasteiger charge is -2.02. The molecule has 0 saturated carbocycles. The van der Waals surface area contributed by atoms with Crippen LogP contribution in [0.25, 0.3) is 0 Å². The van der Waals surface area contributed by atoms with Crippen LogP contribution in [0.5, 0.6) is 0 Å². The average Bonchev–Trinajstić information content (AvgIpc) is 2.28. The van der Waals surface area contributed by atoms with E-state index in [0.717, 1.165) is 5.56 Å². The second kappa shape index (κ2) is 7.04. The lowest BCUT2D eigenvalue weighted by molar-refractivity contribution is -0.120. The minimum absolute atomic E-state index is 0.00689. The van der Waals surface area contributed by atoms with Crippen LogP contribution in [0.3, 0.4) is 0 Å². The Kier molecular flexibility index (Phi) is 5.61. The van der Waals surface area contributed by atoms with Gasteiger partial charge in [0.15, 0.2) is 0 Å². The summed E-state index contributed by atoms with van der Waals surface area (Å²) in [5.74, 6) is -0.0510. The van der Waals surface area contributed by atoms with E-state index in [1.807, 2.05) is 12.1 Å². The summed E-state index contributed by atoms with van der Waals surface area (Å²) in [6, 6.07) is 7.17. The highest BCUT2D eigenvalue weighted by atomic mass is 35.5. The molecule has 0 aliphatic heterocycles. The maximum absolute atomic E-state index is 11.4. The first-order valence-corrected chi connectivity index (χ1v) is 5.37. The Bertz CT molecular complexity index is 360. The largest absolute Gasteiger partial charge is 0.392 e. The van der Waals surface area contributed by atoms with Crippen LogP contribution < -0.4 is 5.32 Å². The van der Waals surface area contributed by atoms with Crippen LogP contribution in [0.4, 0.5) is 0 Å². The van der Waals surface area contributed by atoms with Crippen LogP contribution in [0.1, 0.15) is 5.56 Å². The van der Waals surface area contributed by atoms with Gasteiger partial charge in [-0.2, -0.15) is 0 Å². The number of aliphatic hydroxyl groups is 1. The molecule has 0 atom stereocenters. The molecule has 0 bridgehead atoms. The van der Waals surface area contributed by atoms with Crippen LogP contribution >= 0.6 is 11.6 Å². The van der Waals surface area contributed by atoms with E-state index in [0.29, 0.717) is 18.0 Å². The highest BCUT2D eigenvalue weighted by Crippen LogP contribution is 2.09. The van der Waals surface area contributed by atoms with E-state index in [2.05, 4.69) is 5.32 Å². The Labute approximate surface area is 99.7 Å². The molecule has 1 amide bonds. The van der Waals surface area contributed by atoms with Crippen LogP contribution in [0.2, 0.25) is 5.02 Å². The molecule has 1 aromatic carbocycles. The van der Waals surface area contributed by atoms with E-state index in [1.54, 1.807) is 24.3 Å². The number of hydrogen-bond donors (Lipinski definition) is 2. The Balaban J connectivity index is 2.34. The predicted octanol–water partition coefficient (Wildman–Crippen LogP) is 1.55. The van der Waals surface area contributed by atoms with Crippen LogP contribution in [0.15, 0.2) is 36.4 Å². The molecule has 2 N–H and O–H groups in total. The minimum Gasteiger partial charge on any atom is -0.392 e. The standard InChI is InChI=1S/C12H14ClNO2/c13-11-5-3-10(4-6-11)9-12(16)14-7-1-2-8-15/h1-6,15H,7-9H2,(H,14,16). The number of nitrogens with one attached hydrogen (secondary N) is 1. The Morgan fingerprint density at radius 3 is 2.62 bits per heavy atom. The number of rotatable bonds is 5. The number of amides is 1. The predicted molar refractivity (Wildman–Crippen MR) is 64.4 cm³/mol. The van der Waals surface area contributed by atoms with Crippen LogP contribution in [0, 0.1) is 0 Å². The molecule has 1 aromatic rings. The minimum atomic E-state index is -0.0510. The fourth-order valence-corrected chi connectivity index (χ4v) is 1.31. The SMILES string of the molecule is O=C(Cc1ccc(Cl)cc1)NCC=CCO. The van der Waals surface area contributed by atoms with Gasteiger partial charge in [-0.15, -0.1) is 0 Å². The van der Waals surface area contributed by atoms with E-state index < -0.39 is 0 Å². The maximum atomic E-state index is 11.4. The molecule has 0 radical (unpaired) electrons. The van der Waals surface area contributed by atoms with Crippen molar-refractivity contribution < 1.29 is 9.90 Å². The van der Waals surface area contributed by atoms with Crippen molar-refractivity contribution in [1.82, 2.24) is 5.32 Å². The van der Waals surface area contributed by atoms with Gasteiger partial charge in [0.05, 0.1) is 13.0 Å². The number of carbonyl (C=O) groups excluding carboxylic acids is 1. The third-order valence-electron chi connectivity index (χ3n) is 1.97. The number of aliphatic hydroxyl groups excluding tert-OH is 1. The summed E-state index contributed by atoms with van der Waals surface area (Å²) in [4.78, 5) is 11.4. The molecule has 4 heteroatoms. The monoisotopic (exact) mass is 239 g/mol. The quantitative estimate of drug-likeness (QED) is 0.766. The lowest BCUT2D eigenvalue weighted by atomic mass is 10.1. The molecular formula is C12H14ClNO2. The van der Waals surface area contributed by atoms with Gasteiger partial charge in [-0.3, -0.25) is 4.79 Å². The fourth-order valence-electron chi connectivity index (χ4n) is 1.18. The highest BCUT2D eigenvalue weighted by Gasteiger charge is 2.01. The summed E-state index contributed by atoms with van der Waals surface area (Å²) >= 11 is 5.73. The van der Waals surface area contributed by atoms with Gasteiger partial charge < -0.3 is 10.4 Å². The molecule has 0 unspecified atom stereocenters. The number of halogens is 1. The average molecular weight is 240 g/mol. The summed E-state index contributed by atoms with van der Waals surface area (Å²) in [5, 5.41) is 11.9. The number of carbonyl (C=O) groups is 1. The van der Waals surface area contributed by atoms with Crippen LogP contribution in [-0.2, 0) is 11.2 Å². The van der Waals surface area contributed by atoms with Gasteiger partial charge in [-0.05, 0) is 17.7 Å². The zero-order chi connectivity index (χ0) is 11.8. The zero-order valence-electron chi connectivity index (χ0n) is 8.82. The fraction of sp³-hybridized carbons (Fsp3) is 0.250. The smallest absolute Gasteiger partial charge is 0.224 e. The van der Waals surface area contributed by atoms with Gasteiger partial charge in [-0.25, -0.2) is 0 Å². The normalized spacial score (nSPS) is 10.6. The van der Waals surface area contributed by atoms with E-state index in [9.17, 15) is 4.79 Å². The first kappa shape index (κ1) is 12.7. The first-order valence-electron chi connectivity index (χ1n) is 4.99. The van der Waals surface area contributed by atoms with Crippen molar-refractivity contribution in [2.45, 2.75) is 6.42 Å². The van der Waals surface area contributed by atoms with Crippen molar-refractivity contribution >= 4 is 17.5 Å². The molecule has 0 fully saturated rings. The summed E-state index contributed by atoms with van der Waals surface area (Å²) in [6.07, 6.45) is 3.63. The van der Waals surface area contributed by atoms with Gasteiger partial charge >= 0.3 is 0 Å². The highest BCUT2D eigenvalue weighted by molar-refractivity contribution is 6.30. The van der Waals surface area contributed by atoms with E-state index in [-0.39, 0.29) is 12.5 Å². The molecule has 0 heterocycles. The third kappa shape index (κ3) is 4.96. The third-order valence-corrected chi connectivity index (χ3v) is 2.22. The molecule has 1 rings (SSSR count). The molecular weight excluding hydrogens is 226 g/mol. The molecule has 0 aliphatic rings. The van der Waals surface area contributed by atoms with Crippen LogP contribution in [-0.4, -0.2) is 24.2 Å². The molecule has 3 nitrogen and oxygen atoms in total. The first-order chi connectivity index (χ1) is 7.72. The lowest BCUT2D eigenvalue weighted by Crippen LogP contribution is -2.25. The molecule has 0 aromatic heterocycles. The van der Waals surface area contributed by atoms with Crippen molar-refractivity contribution in [1.29, 1.82) is 0 Å². The molecule has 0 spiro atoms. The van der Waals surface area contributed by atoms with Gasteiger partial charge in [-0.1, -0.05) is 35.9 Å². The Morgan fingerprint density at radius 1 is 1.31 bits per heavy atom. The molecule has 0 saturated heterocycles. The topological polar surface area (TPSA) is 49.3 Å². The molecule has 86 valence electrons. The maximum Gasteiger partial charge on any atom is 0.224 e. The summed E-state index contributed by atoms with van der Waals surface area (Å²) in [5.41, 5.74) is 0.924. The number of hydrogen-bond acceptors (Lipinski definition) is 2. The van der Waals surface area contributed by atoms with Crippen molar-refractivity contribution in [2.24, 2.45) is 0 Å². The van der Waals surface area contributed by atoms with Gasteiger partial charge in [0, 0.05) is 11.6 Å². The number of benzene rings is 1. The van der Waals surface area contributed by atoms with E-state index in [1.165, 1.54) is 0 Å². The van der Waals surface area contributed by atoms with E-state index >= 15 is 0 Å². The van der Waals surface area contributed by atoms with Gasteiger partial charge in [0.25, 0.3) is 0 Å². The second-order valence-corrected chi connectivity index (χ2v) is 3.70. The van der Waals surface area contributed by atoms with Crippen molar-refractivity contribution in [3.63, 3.8) is 0 Å². The summed E-state index contributed by atoms with van der Waals surface area (Å²) in [6.45, 7) is 0.431. The molecule has 16 heavy (non-hydrogen) atoms. The Hall–Kier alpha value is -1.32. The van der Waals surface area contributed by atoms with Gasteiger partial charge in [0.1, 0.15) is 0 Å². The Morgan fingerprint density at radius 2 is 2.00 bits per heavy atom. The zero-order valence-corrected chi connectivity index (χ0v) is 9.57. The van der Waals surface area contributed by atoms with Gasteiger partial charge in [0.2, 0.25) is 5.91 Å². The van der Waals surface area contributed by atoms with Crippen molar-refractivity contribution in [3.05, 3.63) is 47.0 Å². The molecule has 0 aliphatic carbocycles. The van der Waals surface area contributed by atoms with Crippen molar-refractivity contribution in [2.75, 3.05) is 13.2 Å². The second-order valence-electron chi connectivity index (χ2n) is 3.26. The van der Waals surface area contributed by atoms with E-state index in [4.69, 9.17) is 16.7 Å². The summed E-state index contributed by atoms with van der Waals surface area (Å²) < 4.78 is 0. The van der Waals surface area contributed by atoms with Crippen molar-refractivity contribution in [3.8, 4) is 0 Å².